The molecule has 0 spiro atoms. The number of ether oxygens (including phenoxy) is 1. The van der Waals surface area contributed by atoms with E-state index >= 15 is 0 Å². The Morgan fingerprint density at radius 2 is 2.18 bits per heavy atom. The van der Waals surface area contributed by atoms with Crippen LogP contribution in [0, 0.1) is 0 Å². The molecule has 0 aromatic heterocycles. The first-order valence-electron chi connectivity index (χ1n) is 3.77. The van der Waals surface area contributed by atoms with Crippen LogP contribution in [0.25, 0.3) is 0 Å². The predicted octanol–water partition coefficient (Wildman–Crippen LogP) is 1.91. The van der Waals surface area contributed by atoms with Crippen LogP contribution in [-0.2, 0) is 9.53 Å². The minimum Gasteiger partial charge on any atom is -0.375 e. The highest BCUT2D eigenvalue weighted by Gasteiger charge is 2.38. The van der Waals surface area contributed by atoms with E-state index in [9.17, 15) is 4.79 Å². The average Bonchev–Trinajstić information content (AvgIpc) is 1.85. The summed E-state index contributed by atoms with van der Waals surface area (Å²) >= 11 is 3.42. The molecule has 1 fully saturated rings. The van der Waals surface area contributed by atoms with Crippen molar-refractivity contribution in [2.45, 2.75) is 36.6 Å². The van der Waals surface area contributed by atoms with Crippen molar-refractivity contribution in [1.82, 2.24) is 0 Å². The van der Waals surface area contributed by atoms with Crippen LogP contribution < -0.4 is 0 Å². The first-order chi connectivity index (χ1) is 4.97. The summed E-state index contributed by atoms with van der Waals surface area (Å²) in [5.74, 6) is 0. The standard InChI is InChI=1S/C8H13BrO2/c1-7(2)5-8(9,6-10)3-4-11-7/h6H,3-5H2,1-2H3. The second-order valence-electron chi connectivity index (χ2n) is 3.69. The number of aldehydes is 1. The summed E-state index contributed by atoms with van der Waals surface area (Å²) in [5, 5.41) is 0. The van der Waals surface area contributed by atoms with E-state index in [2.05, 4.69) is 15.9 Å². The van der Waals surface area contributed by atoms with Gasteiger partial charge in [-0.2, -0.15) is 0 Å². The highest BCUT2D eigenvalue weighted by atomic mass is 79.9. The van der Waals surface area contributed by atoms with Crippen molar-refractivity contribution in [1.29, 1.82) is 0 Å². The number of hydrogen-bond acceptors (Lipinski definition) is 2. The normalized spacial score (nSPS) is 36.6. The van der Waals surface area contributed by atoms with E-state index in [1.807, 2.05) is 13.8 Å². The van der Waals surface area contributed by atoms with Gasteiger partial charge in [0, 0.05) is 6.61 Å². The Morgan fingerprint density at radius 3 is 2.55 bits per heavy atom. The lowest BCUT2D eigenvalue weighted by Gasteiger charge is -2.38. The zero-order valence-electron chi connectivity index (χ0n) is 6.89. The molecule has 11 heavy (non-hydrogen) atoms. The Labute approximate surface area is 75.4 Å². The molecule has 1 aliphatic rings. The summed E-state index contributed by atoms with van der Waals surface area (Å²) in [6, 6.07) is 0. The lowest BCUT2D eigenvalue weighted by atomic mass is 9.89. The predicted molar refractivity (Wildman–Crippen MR) is 47.0 cm³/mol. The molecule has 3 heteroatoms. The van der Waals surface area contributed by atoms with Gasteiger partial charge in [0.15, 0.2) is 0 Å². The molecule has 0 N–H and O–H groups in total. The lowest BCUT2D eigenvalue weighted by molar-refractivity contribution is -0.117. The minimum absolute atomic E-state index is 0.164. The Bertz CT molecular complexity index is 167. The molecule has 0 aliphatic carbocycles. The maximum atomic E-state index is 10.7. The molecule has 1 heterocycles. The van der Waals surface area contributed by atoms with E-state index in [0.29, 0.717) is 6.61 Å². The van der Waals surface area contributed by atoms with Gasteiger partial charge in [0.05, 0.1) is 9.93 Å². The zero-order chi connectivity index (χ0) is 8.54. The molecule has 0 amide bonds. The average molecular weight is 221 g/mol. The molecule has 0 saturated carbocycles. The zero-order valence-corrected chi connectivity index (χ0v) is 8.48. The monoisotopic (exact) mass is 220 g/mol. The SMILES string of the molecule is CC1(C)CC(Br)(C=O)CCO1. The Kier molecular flexibility index (Phi) is 2.40. The van der Waals surface area contributed by atoms with Crippen LogP contribution in [0.4, 0.5) is 0 Å². The van der Waals surface area contributed by atoms with Gasteiger partial charge >= 0.3 is 0 Å². The van der Waals surface area contributed by atoms with E-state index in [4.69, 9.17) is 4.74 Å². The van der Waals surface area contributed by atoms with E-state index in [0.717, 1.165) is 19.1 Å². The van der Waals surface area contributed by atoms with Crippen LogP contribution in [0.5, 0.6) is 0 Å². The van der Waals surface area contributed by atoms with Crippen molar-refractivity contribution in [2.75, 3.05) is 6.61 Å². The molecular formula is C8H13BrO2. The molecule has 0 radical (unpaired) electrons. The first-order valence-corrected chi connectivity index (χ1v) is 4.56. The summed E-state index contributed by atoms with van der Waals surface area (Å²) in [5.41, 5.74) is -0.164. The van der Waals surface area contributed by atoms with Gasteiger partial charge < -0.3 is 9.53 Å². The summed E-state index contributed by atoms with van der Waals surface area (Å²) in [6.45, 7) is 4.67. The molecule has 1 saturated heterocycles. The quantitative estimate of drug-likeness (QED) is 0.499. The van der Waals surface area contributed by atoms with Crippen molar-refractivity contribution in [3.05, 3.63) is 0 Å². The number of halogens is 1. The number of carbonyl (C=O) groups is 1. The molecule has 1 rings (SSSR count). The number of rotatable bonds is 1. The van der Waals surface area contributed by atoms with Crippen LogP contribution in [0.2, 0.25) is 0 Å². The fourth-order valence-electron chi connectivity index (χ4n) is 1.44. The minimum atomic E-state index is -0.339. The Balaban J connectivity index is 2.66. The van der Waals surface area contributed by atoms with E-state index in [1.54, 1.807) is 0 Å². The Morgan fingerprint density at radius 1 is 1.55 bits per heavy atom. The van der Waals surface area contributed by atoms with Crippen molar-refractivity contribution < 1.29 is 9.53 Å². The highest BCUT2D eigenvalue weighted by molar-refractivity contribution is 9.10. The van der Waals surface area contributed by atoms with Gasteiger partial charge in [-0.1, -0.05) is 15.9 Å². The second-order valence-corrected chi connectivity index (χ2v) is 5.27. The third-order valence-corrected chi connectivity index (χ3v) is 2.81. The van der Waals surface area contributed by atoms with Crippen LogP contribution in [0.15, 0.2) is 0 Å². The van der Waals surface area contributed by atoms with E-state index in [1.165, 1.54) is 0 Å². The maximum absolute atomic E-state index is 10.7. The molecule has 0 aromatic carbocycles. The third-order valence-electron chi connectivity index (χ3n) is 1.94. The topological polar surface area (TPSA) is 26.3 Å². The fraction of sp³-hybridized carbons (Fsp3) is 0.875. The smallest absolute Gasteiger partial charge is 0.136 e. The van der Waals surface area contributed by atoms with Crippen LogP contribution in [0.1, 0.15) is 26.7 Å². The third kappa shape index (κ3) is 2.27. The van der Waals surface area contributed by atoms with Gasteiger partial charge in [-0.05, 0) is 26.7 Å². The van der Waals surface area contributed by atoms with Crippen molar-refractivity contribution in [2.24, 2.45) is 0 Å². The highest BCUT2D eigenvalue weighted by Crippen LogP contribution is 2.36. The van der Waals surface area contributed by atoms with Gasteiger partial charge in [0.25, 0.3) is 0 Å². The molecule has 1 aliphatic heterocycles. The van der Waals surface area contributed by atoms with Crippen molar-refractivity contribution >= 4 is 22.2 Å². The number of alkyl halides is 1. The van der Waals surface area contributed by atoms with Gasteiger partial charge in [0.1, 0.15) is 6.29 Å². The van der Waals surface area contributed by atoms with Crippen molar-refractivity contribution in [3.8, 4) is 0 Å². The summed E-state index contributed by atoms with van der Waals surface area (Å²) in [4.78, 5) is 10.7. The summed E-state index contributed by atoms with van der Waals surface area (Å²) in [7, 11) is 0. The number of hydrogen-bond donors (Lipinski definition) is 0. The molecule has 0 aromatic rings. The molecule has 1 atom stereocenters. The molecule has 64 valence electrons. The largest absolute Gasteiger partial charge is 0.375 e. The van der Waals surface area contributed by atoms with Gasteiger partial charge in [0.2, 0.25) is 0 Å². The van der Waals surface area contributed by atoms with Gasteiger partial charge in [-0.25, -0.2) is 0 Å². The second kappa shape index (κ2) is 2.87. The van der Waals surface area contributed by atoms with Gasteiger partial charge in [-0.3, -0.25) is 0 Å². The van der Waals surface area contributed by atoms with Gasteiger partial charge in [-0.15, -0.1) is 0 Å². The molecule has 2 nitrogen and oxygen atoms in total. The summed E-state index contributed by atoms with van der Waals surface area (Å²) < 4.78 is 5.14. The van der Waals surface area contributed by atoms with E-state index in [-0.39, 0.29) is 9.93 Å². The molecular weight excluding hydrogens is 208 g/mol. The first kappa shape index (κ1) is 9.20. The Hall–Kier alpha value is 0.110. The van der Waals surface area contributed by atoms with Crippen LogP contribution >= 0.6 is 15.9 Å². The van der Waals surface area contributed by atoms with Crippen LogP contribution in [0.3, 0.4) is 0 Å². The maximum Gasteiger partial charge on any atom is 0.136 e. The van der Waals surface area contributed by atoms with Crippen molar-refractivity contribution in [3.63, 3.8) is 0 Å². The fourth-order valence-corrected chi connectivity index (χ4v) is 2.28. The molecule has 0 bridgehead atoms. The van der Waals surface area contributed by atoms with E-state index < -0.39 is 0 Å². The molecule has 1 unspecified atom stereocenters. The lowest BCUT2D eigenvalue weighted by Crippen LogP contribution is -2.42. The summed E-state index contributed by atoms with van der Waals surface area (Å²) in [6.07, 6.45) is 2.51. The van der Waals surface area contributed by atoms with Crippen LogP contribution in [-0.4, -0.2) is 22.8 Å². The number of carbonyl (C=O) groups excluding carboxylic acids is 1.